The molecule has 0 amide bonds. The zero-order valence-corrected chi connectivity index (χ0v) is 44.9. The van der Waals surface area contributed by atoms with Crippen LogP contribution in [0.3, 0.4) is 0 Å². The number of nitriles is 1. The van der Waals surface area contributed by atoms with Crippen LogP contribution in [0, 0.1) is 17.2 Å². The molecule has 2 unspecified atom stereocenters. The molecule has 1 aliphatic heterocycles. The predicted octanol–water partition coefficient (Wildman–Crippen LogP) is 20.2. The van der Waals surface area contributed by atoms with Crippen molar-refractivity contribution in [2.24, 2.45) is 5.92 Å². The van der Waals surface area contributed by atoms with E-state index in [1.165, 1.54) is 35.4 Å². The van der Waals surface area contributed by atoms with Crippen LogP contribution in [-0.4, -0.2) is 23.0 Å². The monoisotopic (exact) mass is 1130 g/mol. The average molecular weight is 1130 g/mol. The molecule has 83 heavy (non-hydrogen) atoms. The summed E-state index contributed by atoms with van der Waals surface area (Å²) in [6.45, 7) is 0. The van der Waals surface area contributed by atoms with E-state index in [-0.39, 0.29) is 10.3 Å². The Bertz CT molecular complexity index is 5600. The number of aromatic nitrogens is 4. The van der Waals surface area contributed by atoms with Gasteiger partial charge in [-0.15, -0.1) is 23.1 Å². The number of alkyl halides is 6. The van der Waals surface area contributed by atoms with Crippen molar-refractivity contribution < 1.29 is 26.3 Å². The molecule has 18 rings (SSSR count). The lowest BCUT2D eigenvalue weighted by Gasteiger charge is -2.25. The molecule has 2 atom stereocenters. The number of rotatable bonds is 4. The van der Waals surface area contributed by atoms with Gasteiger partial charge in [0.05, 0.1) is 82.8 Å². The first-order valence-corrected chi connectivity index (χ1v) is 28.8. The minimum absolute atomic E-state index is 0.0495. The molecule has 0 bridgehead atoms. The molecule has 0 saturated heterocycles. The highest BCUT2D eigenvalue weighted by Gasteiger charge is 2.60. The third kappa shape index (κ3) is 6.29. The molecule has 6 heterocycles. The van der Waals surface area contributed by atoms with E-state index in [4.69, 9.17) is 0 Å². The first-order chi connectivity index (χ1) is 40.4. The maximum atomic E-state index is 14.9. The number of fused-ring (bicyclic) bond motifs is 17. The summed E-state index contributed by atoms with van der Waals surface area (Å²) in [7, 11) is 0. The lowest BCUT2D eigenvalue weighted by Crippen LogP contribution is -2.14. The number of halogens is 6. The fourth-order valence-corrected chi connectivity index (χ4v) is 17.0. The van der Waals surface area contributed by atoms with Crippen molar-refractivity contribution in [3.05, 3.63) is 229 Å². The quantitative estimate of drug-likeness (QED) is 0.165. The molecule has 5 nitrogen and oxygen atoms in total. The minimum atomic E-state index is -4.65. The van der Waals surface area contributed by atoms with Gasteiger partial charge in [-0.3, -0.25) is 0 Å². The smallest absolute Gasteiger partial charge is 0.307 e. The Morgan fingerprint density at radius 1 is 0.446 bits per heavy atom. The molecular formula is C70H37F6N5S2. The van der Waals surface area contributed by atoms with E-state index in [2.05, 4.69) is 88.0 Å². The molecular weight excluding hydrogens is 1090 g/mol. The zero-order chi connectivity index (χ0) is 55.6. The van der Waals surface area contributed by atoms with E-state index < -0.39 is 23.5 Å². The van der Waals surface area contributed by atoms with Crippen LogP contribution < -0.4 is 0 Å². The van der Waals surface area contributed by atoms with E-state index in [9.17, 15) is 31.6 Å². The predicted molar refractivity (Wildman–Crippen MR) is 325 cm³/mol. The first-order valence-electron chi connectivity index (χ1n) is 27.2. The van der Waals surface area contributed by atoms with E-state index in [0.29, 0.717) is 72.3 Å². The number of thiophene rings is 1. The zero-order valence-electron chi connectivity index (χ0n) is 43.2. The number of hydrogen-bond donors (Lipinski definition) is 0. The molecule has 396 valence electrons. The van der Waals surface area contributed by atoms with Gasteiger partial charge in [-0.2, -0.15) is 31.6 Å². The fraction of sp³-hybridized carbons (Fsp3) is 0.0714. The van der Waals surface area contributed by atoms with Crippen LogP contribution >= 0.6 is 23.1 Å². The van der Waals surface area contributed by atoms with Crippen molar-refractivity contribution >= 4 is 136 Å². The molecule has 0 radical (unpaired) electrons. The lowest BCUT2D eigenvalue weighted by molar-refractivity contribution is -0.138. The van der Waals surface area contributed by atoms with Crippen molar-refractivity contribution in [3.8, 4) is 28.8 Å². The van der Waals surface area contributed by atoms with Crippen LogP contribution in [0.25, 0.3) is 136 Å². The maximum absolute atomic E-state index is 14.9. The molecule has 0 N–H and O–H groups in total. The highest BCUT2D eigenvalue weighted by atomic mass is 32.2. The van der Waals surface area contributed by atoms with Crippen LogP contribution in [0.2, 0.25) is 0 Å². The van der Waals surface area contributed by atoms with Gasteiger partial charge in [0.1, 0.15) is 11.6 Å². The Morgan fingerprint density at radius 3 is 1.46 bits per heavy atom. The van der Waals surface area contributed by atoms with E-state index >= 15 is 0 Å². The molecule has 13 heteroatoms. The molecule has 5 aromatic heterocycles. The van der Waals surface area contributed by atoms with Gasteiger partial charge in [0.2, 0.25) is 0 Å². The summed E-state index contributed by atoms with van der Waals surface area (Å²) in [5, 5.41) is 20.6. The molecule has 1 spiro atoms. The van der Waals surface area contributed by atoms with Crippen LogP contribution in [0.5, 0.6) is 0 Å². The van der Waals surface area contributed by atoms with Gasteiger partial charge in [-0.25, -0.2) is 0 Å². The summed E-state index contributed by atoms with van der Waals surface area (Å²) in [6.07, 6.45) is -1.57. The van der Waals surface area contributed by atoms with Crippen LogP contribution in [0.1, 0.15) is 28.7 Å². The number of allylic oxidation sites excluding steroid dienone is 3. The van der Waals surface area contributed by atoms with E-state index in [1.54, 1.807) is 17.4 Å². The summed E-state index contributed by atoms with van der Waals surface area (Å²) < 4.78 is 99.6. The molecule has 1 saturated carbocycles. The van der Waals surface area contributed by atoms with Gasteiger partial charge in [0.25, 0.3) is 0 Å². The number of nitrogens with zero attached hydrogens (tertiary/aromatic N) is 5. The Balaban J connectivity index is 1.08. The third-order valence-electron chi connectivity index (χ3n) is 17.8. The summed E-state index contributed by atoms with van der Waals surface area (Å²) in [4.78, 5) is 1.12. The van der Waals surface area contributed by atoms with Gasteiger partial charge in [0.15, 0.2) is 0 Å². The number of para-hydroxylation sites is 4. The highest BCUT2D eigenvalue weighted by molar-refractivity contribution is 8.02. The van der Waals surface area contributed by atoms with Crippen molar-refractivity contribution in [1.29, 1.82) is 5.26 Å². The topological polar surface area (TPSA) is 43.5 Å². The number of thioether (sulfide) groups is 1. The van der Waals surface area contributed by atoms with Crippen molar-refractivity contribution in [2.45, 2.75) is 28.4 Å². The van der Waals surface area contributed by atoms with Gasteiger partial charge in [-0.1, -0.05) is 109 Å². The Hall–Kier alpha value is -9.48. The van der Waals surface area contributed by atoms with Crippen molar-refractivity contribution in [2.75, 3.05) is 0 Å². The molecule has 1 fully saturated rings. The molecule has 15 aromatic rings. The number of hydrogen-bond acceptors (Lipinski definition) is 3. The fourth-order valence-electron chi connectivity index (χ4n) is 14.2. The summed E-state index contributed by atoms with van der Waals surface area (Å²) in [6, 6.07) is 60.7. The molecule has 3 aliphatic rings. The van der Waals surface area contributed by atoms with Crippen molar-refractivity contribution in [1.82, 2.24) is 18.3 Å². The number of benzene rings is 10. The molecule has 2 aliphatic carbocycles. The summed E-state index contributed by atoms with van der Waals surface area (Å²) in [5.41, 5.74) is 8.28. The first kappa shape index (κ1) is 47.2. The average Bonchev–Trinajstić information content (AvgIpc) is 1.79. The van der Waals surface area contributed by atoms with Gasteiger partial charge in [0, 0.05) is 68.2 Å². The lowest BCUT2D eigenvalue weighted by atomic mass is 9.95. The SMILES string of the molecule is N#Cc1c(-n2c3ccccc3c3cc4c(cc32)SC23CC2C=CC=C43)c(-n2c3ccccc3c3cc(C(F)(F)F)ccc32)cc(-n2c3ccccc3c3cc(C(F)(F)F)ccc32)c1-n1c2ccccc2c2cc3c(cc21)sc1ccccc13. The Labute approximate surface area is 475 Å². The Kier molecular flexibility index (Phi) is 9.19. The highest BCUT2D eigenvalue weighted by Crippen LogP contribution is 2.71. The second-order valence-electron chi connectivity index (χ2n) is 22.1. The van der Waals surface area contributed by atoms with Gasteiger partial charge < -0.3 is 18.3 Å². The van der Waals surface area contributed by atoms with Crippen LogP contribution in [0.15, 0.2) is 211 Å². The van der Waals surface area contributed by atoms with E-state index in [0.717, 1.165) is 87.2 Å². The van der Waals surface area contributed by atoms with Crippen LogP contribution in [-0.2, 0) is 12.4 Å². The van der Waals surface area contributed by atoms with Gasteiger partial charge >= 0.3 is 12.4 Å². The molecule has 10 aromatic carbocycles. The standard InChI is InChI=1S/C70H37F6N5S2/c71-69(72,73)37-24-26-57-45(28-37)40-13-1-6-19-53(40)78(57)61-32-62(79-54-20-7-2-14-41(54)46-29-38(70(74,75)76)25-27-58(46)79)67(81-56-22-9-4-16-43(56)48-31-50-52-18-11-12-39-35-68(39,52)83-65(50)34-60(48)81)51(36-77)66(61)80-55-21-8-3-15-42(55)47-30-49-44-17-5-10-23-63(44)82-64(49)33-59(47)80/h1-34,39H,35H2. The second-order valence-corrected chi connectivity index (χ2v) is 24.5. The van der Waals surface area contributed by atoms with Crippen molar-refractivity contribution in [3.63, 3.8) is 0 Å². The van der Waals surface area contributed by atoms with E-state index in [1.807, 2.05) is 112 Å². The largest absolute Gasteiger partial charge is 0.416 e. The summed E-state index contributed by atoms with van der Waals surface area (Å²) >= 11 is 3.56. The normalized spacial score (nSPS) is 16.9. The van der Waals surface area contributed by atoms with Crippen LogP contribution in [0.4, 0.5) is 26.3 Å². The summed E-state index contributed by atoms with van der Waals surface area (Å²) in [5.74, 6) is 0.416. The van der Waals surface area contributed by atoms with Gasteiger partial charge in [-0.05, 0) is 121 Å². The minimum Gasteiger partial charge on any atom is -0.307 e. The Morgan fingerprint density at radius 2 is 0.916 bits per heavy atom. The third-order valence-corrected chi connectivity index (χ3v) is 20.6. The second kappa shape index (κ2) is 16.2. The maximum Gasteiger partial charge on any atom is 0.416 e.